The number of carbonyl (C=O) groups excluding carboxylic acids is 1. The van der Waals surface area contributed by atoms with Gasteiger partial charge in [0.05, 0.1) is 0 Å². The van der Waals surface area contributed by atoms with Gasteiger partial charge in [-0.1, -0.05) is 36.4 Å². The van der Waals surface area contributed by atoms with Crippen LogP contribution in [0.1, 0.15) is 17.8 Å². The Morgan fingerprint density at radius 1 is 0.964 bits per heavy atom. The first kappa shape index (κ1) is 16.7. The number of aryl methyl sites for hydroxylation is 1. The molecule has 2 aromatic heterocycles. The molecule has 1 amide bonds. The lowest BCUT2D eigenvalue weighted by Crippen LogP contribution is -2.29. The molecule has 0 radical (unpaired) electrons. The Morgan fingerprint density at radius 2 is 1.79 bits per heavy atom. The van der Waals surface area contributed by atoms with Crippen molar-refractivity contribution in [3.63, 3.8) is 0 Å². The molecule has 0 N–H and O–H groups in total. The monoisotopic (exact) mass is 368 g/mol. The number of para-hydroxylation sites is 2. The molecule has 5 rings (SSSR count). The summed E-state index contributed by atoms with van der Waals surface area (Å²) in [5.74, 6) is 1.00. The fourth-order valence-electron chi connectivity index (χ4n) is 3.93. The Balaban J connectivity index is 1.44. The van der Waals surface area contributed by atoms with Gasteiger partial charge in [0.2, 0.25) is 5.91 Å². The second kappa shape index (κ2) is 6.93. The highest BCUT2D eigenvalue weighted by Gasteiger charge is 2.24. The lowest BCUT2D eigenvalue weighted by atomic mass is 10.2. The van der Waals surface area contributed by atoms with E-state index >= 15 is 0 Å². The minimum atomic E-state index is 0.143. The minimum Gasteiger partial charge on any atom is -0.312 e. The van der Waals surface area contributed by atoms with Crippen LogP contribution in [0.25, 0.3) is 16.9 Å². The number of anilines is 1. The van der Waals surface area contributed by atoms with Crippen LogP contribution in [0.3, 0.4) is 0 Å². The minimum absolute atomic E-state index is 0.143. The molecule has 2 aromatic carbocycles. The van der Waals surface area contributed by atoms with Gasteiger partial charge < -0.3 is 4.90 Å². The van der Waals surface area contributed by atoms with Crippen LogP contribution < -0.4 is 4.90 Å². The van der Waals surface area contributed by atoms with Crippen LogP contribution in [-0.2, 0) is 17.6 Å². The molecule has 0 bridgehead atoms. The maximum atomic E-state index is 12.9. The molecule has 0 unspecified atom stereocenters. The highest BCUT2D eigenvalue weighted by Crippen LogP contribution is 2.28. The molecule has 0 saturated heterocycles. The van der Waals surface area contributed by atoms with Crippen LogP contribution in [0.15, 0.2) is 72.9 Å². The van der Waals surface area contributed by atoms with Crippen LogP contribution in [0, 0.1) is 0 Å². The van der Waals surface area contributed by atoms with Crippen LogP contribution in [0.2, 0.25) is 0 Å². The zero-order valence-electron chi connectivity index (χ0n) is 15.5. The Bertz CT molecular complexity index is 1150. The summed E-state index contributed by atoms with van der Waals surface area (Å²) in [6.07, 6.45) is 3.70. The first-order valence-corrected chi connectivity index (χ1v) is 9.57. The first-order chi connectivity index (χ1) is 13.8. The van der Waals surface area contributed by atoms with Crippen LogP contribution in [0.4, 0.5) is 5.69 Å². The van der Waals surface area contributed by atoms with Crippen molar-refractivity contribution < 1.29 is 4.79 Å². The van der Waals surface area contributed by atoms with E-state index in [4.69, 9.17) is 4.98 Å². The lowest BCUT2D eigenvalue weighted by molar-refractivity contribution is -0.118. The first-order valence-electron chi connectivity index (χ1n) is 9.57. The van der Waals surface area contributed by atoms with Gasteiger partial charge in [0.15, 0.2) is 5.65 Å². The maximum absolute atomic E-state index is 12.9. The highest BCUT2D eigenvalue weighted by molar-refractivity contribution is 5.95. The normalized spacial score (nSPS) is 13.1. The molecule has 5 heteroatoms. The molecule has 0 aliphatic carbocycles. The van der Waals surface area contributed by atoms with E-state index in [1.165, 1.54) is 5.56 Å². The third-order valence-corrected chi connectivity index (χ3v) is 5.25. The summed E-state index contributed by atoms with van der Waals surface area (Å²) in [6, 6.07) is 22.1. The highest BCUT2D eigenvalue weighted by atomic mass is 16.2. The number of imidazole rings is 1. The molecule has 5 nitrogen and oxygen atoms in total. The zero-order valence-corrected chi connectivity index (χ0v) is 15.5. The van der Waals surface area contributed by atoms with Crippen LogP contribution >= 0.6 is 0 Å². The van der Waals surface area contributed by atoms with Crippen molar-refractivity contribution in [3.05, 3.63) is 84.3 Å². The third-order valence-electron chi connectivity index (χ3n) is 5.25. The van der Waals surface area contributed by atoms with E-state index in [9.17, 15) is 4.79 Å². The molecule has 28 heavy (non-hydrogen) atoms. The van der Waals surface area contributed by atoms with Crippen LogP contribution in [0.5, 0.6) is 0 Å². The molecule has 0 spiro atoms. The quantitative estimate of drug-likeness (QED) is 0.548. The number of hydrogen-bond donors (Lipinski definition) is 0. The van der Waals surface area contributed by atoms with Crippen molar-refractivity contribution in [2.75, 3.05) is 11.4 Å². The Morgan fingerprint density at radius 3 is 2.68 bits per heavy atom. The van der Waals surface area contributed by atoms with E-state index in [1.54, 1.807) is 6.20 Å². The fourth-order valence-corrected chi connectivity index (χ4v) is 3.93. The topological polar surface area (TPSA) is 51.0 Å². The van der Waals surface area contributed by atoms with Gasteiger partial charge in [0, 0.05) is 37.0 Å². The Kier molecular flexibility index (Phi) is 4.13. The number of hydrogen-bond acceptors (Lipinski definition) is 3. The summed E-state index contributed by atoms with van der Waals surface area (Å²) in [6.45, 7) is 0.759. The van der Waals surface area contributed by atoms with E-state index in [-0.39, 0.29) is 5.91 Å². The van der Waals surface area contributed by atoms with Crippen molar-refractivity contribution in [1.29, 1.82) is 0 Å². The number of benzene rings is 2. The Hall–Kier alpha value is -3.47. The summed E-state index contributed by atoms with van der Waals surface area (Å²) in [7, 11) is 0. The van der Waals surface area contributed by atoms with Gasteiger partial charge in [-0.05, 0) is 42.3 Å². The number of amides is 1. The van der Waals surface area contributed by atoms with Gasteiger partial charge in [-0.3, -0.25) is 9.36 Å². The van der Waals surface area contributed by atoms with Gasteiger partial charge >= 0.3 is 0 Å². The number of pyridine rings is 1. The number of nitrogens with zero attached hydrogens (tertiary/aromatic N) is 4. The standard InChI is InChI=1S/C23H20N4O/c28-22(26-16-14-17-7-4-5-11-20(17)26)13-12-21-25-19-10-6-15-24-23(19)27(21)18-8-2-1-3-9-18/h1-11,15H,12-14,16H2. The Labute approximate surface area is 163 Å². The molecule has 0 fully saturated rings. The van der Waals surface area contributed by atoms with E-state index in [0.717, 1.165) is 41.3 Å². The SMILES string of the molecule is O=C(CCc1nc2cccnc2n1-c1ccccc1)N1CCc2ccccc21. The average molecular weight is 368 g/mol. The van der Waals surface area contributed by atoms with Gasteiger partial charge in [0.25, 0.3) is 0 Å². The molecular weight excluding hydrogens is 348 g/mol. The van der Waals surface area contributed by atoms with E-state index < -0.39 is 0 Å². The van der Waals surface area contributed by atoms with Crippen molar-refractivity contribution in [2.45, 2.75) is 19.3 Å². The van der Waals surface area contributed by atoms with E-state index in [1.807, 2.05) is 65.6 Å². The fraction of sp³-hybridized carbons (Fsp3) is 0.174. The summed E-state index contributed by atoms with van der Waals surface area (Å²) >= 11 is 0. The zero-order chi connectivity index (χ0) is 18.9. The predicted molar refractivity (Wildman–Crippen MR) is 110 cm³/mol. The largest absolute Gasteiger partial charge is 0.312 e. The molecule has 1 aliphatic heterocycles. The number of carbonyl (C=O) groups is 1. The second-order valence-electron chi connectivity index (χ2n) is 6.97. The number of fused-ring (bicyclic) bond motifs is 2. The van der Waals surface area contributed by atoms with Crippen molar-refractivity contribution in [2.24, 2.45) is 0 Å². The molecule has 138 valence electrons. The van der Waals surface area contributed by atoms with Crippen molar-refractivity contribution in [1.82, 2.24) is 14.5 Å². The lowest BCUT2D eigenvalue weighted by Gasteiger charge is -2.17. The molecule has 3 heterocycles. The van der Waals surface area contributed by atoms with Gasteiger partial charge in [-0.2, -0.15) is 0 Å². The van der Waals surface area contributed by atoms with Crippen LogP contribution in [-0.4, -0.2) is 27.0 Å². The molecular formula is C23H20N4O. The molecule has 0 atom stereocenters. The van der Waals surface area contributed by atoms with E-state index in [2.05, 4.69) is 15.6 Å². The molecule has 1 aliphatic rings. The van der Waals surface area contributed by atoms with Gasteiger partial charge in [-0.25, -0.2) is 9.97 Å². The predicted octanol–water partition coefficient (Wildman–Crippen LogP) is 3.94. The average Bonchev–Trinajstić information content (AvgIpc) is 3.34. The van der Waals surface area contributed by atoms with E-state index in [0.29, 0.717) is 12.8 Å². The second-order valence-corrected chi connectivity index (χ2v) is 6.97. The third kappa shape index (κ3) is 2.85. The summed E-state index contributed by atoms with van der Waals surface area (Å²) in [5.41, 5.74) is 4.97. The maximum Gasteiger partial charge on any atom is 0.227 e. The summed E-state index contributed by atoms with van der Waals surface area (Å²) in [5, 5.41) is 0. The van der Waals surface area contributed by atoms with Gasteiger partial charge in [-0.15, -0.1) is 0 Å². The molecule has 4 aromatic rings. The number of rotatable bonds is 4. The van der Waals surface area contributed by atoms with Gasteiger partial charge in [0.1, 0.15) is 11.3 Å². The van der Waals surface area contributed by atoms with Crippen molar-refractivity contribution >= 4 is 22.8 Å². The van der Waals surface area contributed by atoms with Crippen molar-refractivity contribution in [3.8, 4) is 5.69 Å². The summed E-state index contributed by atoms with van der Waals surface area (Å²) < 4.78 is 2.06. The number of aromatic nitrogens is 3. The summed E-state index contributed by atoms with van der Waals surface area (Å²) in [4.78, 5) is 24.1. The molecule has 0 saturated carbocycles. The smallest absolute Gasteiger partial charge is 0.227 e.